The summed E-state index contributed by atoms with van der Waals surface area (Å²) >= 11 is 0. The van der Waals surface area contributed by atoms with Crippen LogP contribution in [0.4, 0.5) is 0 Å². The van der Waals surface area contributed by atoms with Crippen LogP contribution in [0.15, 0.2) is 0 Å². The fraction of sp³-hybridized carbons (Fsp3) is 0.952. The average Bonchev–Trinajstić information content (AvgIpc) is 3.04. The second-order valence-electron chi connectivity index (χ2n) is 14.5. The fourth-order valence-electron chi connectivity index (χ4n) is 6.71. The van der Waals surface area contributed by atoms with Gasteiger partial charge in [0.15, 0.2) is 0 Å². The molecule has 0 saturated carbocycles. The molecule has 0 spiro atoms. The highest BCUT2D eigenvalue weighted by atomic mass is 16.5. The summed E-state index contributed by atoms with van der Waals surface area (Å²) in [5.41, 5.74) is 0. The van der Waals surface area contributed by atoms with E-state index in [1.54, 1.807) is 0 Å². The van der Waals surface area contributed by atoms with Crippen molar-refractivity contribution in [1.82, 2.24) is 0 Å². The molecule has 0 aromatic rings. The number of rotatable bonds is 39. The zero-order valence-corrected chi connectivity index (χ0v) is 31.4. The molecule has 0 aliphatic heterocycles. The summed E-state index contributed by atoms with van der Waals surface area (Å²) in [5.74, 6) is -0.649. The molecule has 0 aromatic heterocycles. The molecule has 0 heterocycles. The van der Waals surface area contributed by atoms with Crippen molar-refractivity contribution in [2.75, 3.05) is 0 Å². The van der Waals surface area contributed by atoms with Crippen LogP contribution in [0.2, 0.25) is 0 Å². The molecule has 46 heavy (non-hydrogen) atoms. The summed E-state index contributed by atoms with van der Waals surface area (Å²) in [6, 6.07) is 0. The maximum atomic E-state index is 12.3. The van der Waals surface area contributed by atoms with Gasteiger partial charge in [-0.15, -0.1) is 0 Å². The molecule has 4 heteroatoms. The lowest BCUT2D eigenvalue weighted by atomic mass is 10.0. The van der Waals surface area contributed by atoms with E-state index < -0.39 is 5.97 Å². The Bertz CT molecular complexity index is 619. The smallest absolute Gasteiger partial charge is 0.306 e. The third-order valence-electron chi connectivity index (χ3n) is 9.90. The van der Waals surface area contributed by atoms with Gasteiger partial charge in [-0.2, -0.15) is 0 Å². The Morgan fingerprint density at radius 1 is 0.413 bits per heavy atom. The highest BCUT2D eigenvalue weighted by Crippen LogP contribution is 2.18. The topological polar surface area (TPSA) is 63.6 Å². The minimum Gasteiger partial charge on any atom is -0.481 e. The SMILES string of the molecule is CCCCCCCCCCCCCCCCCCCCCCCC(=O)OC(CC)CCCCCCCCCCCCCCC(=O)O. The quantitative estimate of drug-likeness (QED) is 0.0531. The molecule has 0 radical (unpaired) electrons. The second-order valence-corrected chi connectivity index (χ2v) is 14.5. The van der Waals surface area contributed by atoms with Crippen LogP contribution in [0.1, 0.15) is 251 Å². The van der Waals surface area contributed by atoms with Gasteiger partial charge in [0.05, 0.1) is 0 Å². The van der Waals surface area contributed by atoms with Crippen LogP contribution in [0.25, 0.3) is 0 Å². The minimum absolute atomic E-state index is 0.0199. The lowest BCUT2D eigenvalue weighted by Gasteiger charge is -2.16. The molecule has 274 valence electrons. The average molecular weight is 651 g/mol. The van der Waals surface area contributed by atoms with Crippen LogP contribution >= 0.6 is 0 Å². The molecule has 0 aromatic carbocycles. The summed E-state index contributed by atoms with van der Waals surface area (Å²) in [6.45, 7) is 4.44. The van der Waals surface area contributed by atoms with Crippen molar-refractivity contribution >= 4 is 11.9 Å². The number of esters is 1. The first kappa shape index (κ1) is 44.9. The molecule has 0 amide bonds. The Kier molecular flexibility index (Phi) is 37.5. The van der Waals surface area contributed by atoms with E-state index in [2.05, 4.69) is 13.8 Å². The van der Waals surface area contributed by atoms with E-state index >= 15 is 0 Å². The first-order chi connectivity index (χ1) is 22.6. The number of carbonyl (C=O) groups excluding carboxylic acids is 1. The molecule has 4 nitrogen and oxygen atoms in total. The van der Waals surface area contributed by atoms with Gasteiger partial charge in [-0.1, -0.05) is 206 Å². The van der Waals surface area contributed by atoms with E-state index in [0.29, 0.717) is 12.8 Å². The summed E-state index contributed by atoms with van der Waals surface area (Å²) in [6.07, 6.45) is 46.6. The van der Waals surface area contributed by atoms with E-state index in [0.717, 1.165) is 38.5 Å². The normalized spacial score (nSPS) is 12.0. The summed E-state index contributed by atoms with van der Waals surface area (Å²) < 4.78 is 5.79. The summed E-state index contributed by atoms with van der Waals surface area (Å²) in [7, 11) is 0. The summed E-state index contributed by atoms with van der Waals surface area (Å²) in [5, 5.41) is 8.66. The van der Waals surface area contributed by atoms with Crippen molar-refractivity contribution in [3.05, 3.63) is 0 Å². The Balaban J connectivity index is 3.35. The number of carboxylic acids is 1. The molecule has 0 rings (SSSR count). The molecule has 0 aliphatic carbocycles. The largest absolute Gasteiger partial charge is 0.481 e. The predicted octanol–water partition coefficient (Wildman–Crippen LogP) is 14.5. The lowest BCUT2D eigenvalue weighted by Crippen LogP contribution is -2.17. The van der Waals surface area contributed by atoms with Crippen molar-refractivity contribution in [3.63, 3.8) is 0 Å². The standard InChI is InChI=1S/C42H82O4/c1-3-5-6-7-8-9-10-11-12-13-14-15-16-17-18-19-24-27-30-33-36-39-42(45)46-40(4-2)37-34-31-28-25-22-20-21-23-26-29-32-35-38-41(43)44/h40H,3-39H2,1-2H3,(H,43,44). The van der Waals surface area contributed by atoms with Crippen molar-refractivity contribution in [2.45, 2.75) is 258 Å². The van der Waals surface area contributed by atoms with Crippen molar-refractivity contribution < 1.29 is 19.4 Å². The Morgan fingerprint density at radius 3 is 1.00 bits per heavy atom. The van der Waals surface area contributed by atoms with Gasteiger partial charge in [0.1, 0.15) is 6.10 Å². The van der Waals surface area contributed by atoms with Gasteiger partial charge in [-0.3, -0.25) is 9.59 Å². The molecule has 0 aliphatic rings. The molecule has 0 bridgehead atoms. The lowest BCUT2D eigenvalue weighted by molar-refractivity contribution is -0.149. The van der Waals surface area contributed by atoms with Crippen molar-refractivity contribution in [2.24, 2.45) is 0 Å². The van der Waals surface area contributed by atoms with Crippen LogP contribution in [-0.4, -0.2) is 23.1 Å². The zero-order valence-electron chi connectivity index (χ0n) is 31.4. The Morgan fingerprint density at radius 2 is 0.696 bits per heavy atom. The number of carbonyl (C=O) groups is 2. The van der Waals surface area contributed by atoms with Gasteiger partial charge in [0.2, 0.25) is 0 Å². The first-order valence-electron chi connectivity index (χ1n) is 21.0. The first-order valence-corrected chi connectivity index (χ1v) is 21.0. The third kappa shape index (κ3) is 37.4. The minimum atomic E-state index is -0.669. The zero-order chi connectivity index (χ0) is 33.6. The molecule has 1 atom stereocenters. The Hall–Kier alpha value is -1.06. The monoisotopic (exact) mass is 651 g/mol. The number of aliphatic carboxylic acids is 1. The van der Waals surface area contributed by atoms with E-state index in [1.807, 2.05) is 0 Å². The molecule has 0 fully saturated rings. The van der Waals surface area contributed by atoms with Gasteiger partial charge >= 0.3 is 11.9 Å². The van der Waals surface area contributed by atoms with E-state index in [-0.39, 0.29) is 12.1 Å². The van der Waals surface area contributed by atoms with Crippen molar-refractivity contribution in [1.29, 1.82) is 0 Å². The number of carboxylic acid groups (broad SMARTS) is 1. The maximum absolute atomic E-state index is 12.3. The van der Waals surface area contributed by atoms with E-state index in [9.17, 15) is 9.59 Å². The van der Waals surface area contributed by atoms with Crippen molar-refractivity contribution in [3.8, 4) is 0 Å². The number of hydrogen-bond acceptors (Lipinski definition) is 3. The van der Waals surface area contributed by atoms with Crippen LogP contribution < -0.4 is 0 Å². The molecule has 1 N–H and O–H groups in total. The highest BCUT2D eigenvalue weighted by molar-refractivity contribution is 5.69. The second kappa shape index (κ2) is 38.4. The maximum Gasteiger partial charge on any atom is 0.306 e. The number of unbranched alkanes of at least 4 members (excludes halogenated alkanes) is 31. The third-order valence-corrected chi connectivity index (χ3v) is 9.90. The number of ether oxygens (including phenoxy) is 1. The van der Waals surface area contributed by atoms with Crippen LogP contribution in [0.5, 0.6) is 0 Å². The molecular weight excluding hydrogens is 568 g/mol. The van der Waals surface area contributed by atoms with E-state index in [1.165, 1.54) is 186 Å². The van der Waals surface area contributed by atoms with Crippen LogP contribution in [0, 0.1) is 0 Å². The van der Waals surface area contributed by atoms with Gasteiger partial charge in [0, 0.05) is 12.8 Å². The van der Waals surface area contributed by atoms with Gasteiger partial charge in [-0.25, -0.2) is 0 Å². The molecule has 1 unspecified atom stereocenters. The number of hydrogen-bond donors (Lipinski definition) is 1. The molecular formula is C42H82O4. The highest BCUT2D eigenvalue weighted by Gasteiger charge is 2.12. The summed E-state index contributed by atoms with van der Waals surface area (Å²) in [4.78, 5) is 22.8. The van der Waals surface area contributed by atoms with Crippen LogP contribution in [-0.2, 0) is 14.3 Å². The Labute approximate surface area is 288 Å². The van der Waals surface area contributed by atoms with E-state index in [4.69, 9.17) is 9.84 Å². The molecule has 0 saturated heterocycles. The predicted molar refractivity (Wildman–Crippen MR) is 200 cm³/mol. The van der Waals surface area contributed by atoms with Crippen LogP contribution in [0.3, 0.4) is 0 Å². The van der Waals surface area contributed by atoms with Gasteiger partial charge in [-0.05, 0) is 32.1 Å². The van der Waals surface area contributed by atoms with Gasteiger partial charge in [0.25, 0.3) is 0 Å². The van der Waals surface area contributed by atoms with Gasteiger partial charge < -0.3 is 9.84 Å². The fourth-order valence-corrected chi connectivity index (χ4v) is 6.71.